The Bertz CT molecular complexity index is 271. The minimum atomic E-state index is -3.74. The fourth-order valence-corrected chi connectivity index (χ4v) is 1.97. The Kier molecular flexibility index (Phi) is 5.47. The summed E-state index contributed by atoms with van der Waals surface area (Å²) in [6.07, 6.45) is -0.945. The van der Waals surface area contributed by atoms with Gasteiger partial charge in [-0.25, -0.2) is 9.52 Å². The Hall–Kier alpha value is -0.820. The second-order valence-electron chi connectivity index (χ2n) is 2.41. The van der Waals surface area contributed by atoms with E-state index >= 15 is 0 Å². The maximum atomic E-state index is 11.4. The van der Waals surface area contributed by atoms with Crippen molar-refractivity contribution in [3.63, 3.8) is 0 Å². The number of amides is 1. The van der Waals surface area contributed by atoms with Crippen molar-refractivity contribution in [3.05, 3.63) is 0 Å². The van der Waals surface area contributed by atoms with Crippen LogP contribution in [0, 0.1) is 0 Å². The third-order valence-electron chi connectivity index (χ3n) is 1.53. The standard InChI is InChI=1S/C7H16N2O4S/c1-4-9(5-2)14(11,12)8-7(10)13-6-3/h4-6H2,1-3H3,(H,8,10). The summed E-state index contributed by atoms with van der Waals surface area (Å²) in [6, 6.07) is 0. The first-order valence-electron chi connectivity index (χ1n) is 4.42. The average Bonchev–Trinajstić information content (AvgIpc) is 2.04. The Morgan fingerprint density at radius 1 is 1.29 bits per heavy atom. The van der Waals surface area contributed by atoms with Crippen molar-refractivity contribution in [1.82, 2.24) is 9.03 Å². The highest BCUT2D eigenvalue weighted by molar-refractivity contribution is 7.87. The first kappa shape index (κ1) is 13.2. The van der Waals surface area contributed by atoms with E-state index in [1.54, 1.807) is 25.5 Å². The topological polar surface area (TPSA) is 75.7 Å². The van der Waals surface area contributed by atoms with Gasteiger partial charge in [0.25, 0.3) is 0 Å². The molecule has 0 saturated heterocycles. The van der Waals surface area contributed by atoms with Gasteiger partial charge in [-0.1, -0.05) is 13.8 Å². The van der Waals surface area contributed by atoms with Gasteiger partial charge in [-0.3, -0.25) is 0 Å². The van der Waals surface area contributed by atoms with Crippen LogP contribution < -0.4 is 4.72 Å². The predicted octanol–water partition coefficient (Wildman–Crippen LogP) is 0.319. The van der Waals surface area contributed by atoms with E-state index in [1.807, 2.05) is 0 Å². The number of nitrogens with one attached hydrogen (secondary N) is 1. The Labute approximate surface area is 84.4 Å². The van der Waals surface area contributed by atoms with Gasteiger partial charge in [0.05, 0.1) is 6.61 Å². The minimum Gasteiger partial charge on any atom is -0.449 e. The third kappa shape index (κ3) is 3.93. The van der Waals surface area contributed by atoms with Crippen LogP contribution in [0.15, 0.2) is 0 Å². The molecule has 1 amide bonds. The number of hydrogen-bond acceptors (Lipinski definition) is 4. The lowest BCUT2D eigenvalue weighted by Crippen LogP contribution is -2.43. The summed E-state index contributed by atoms with van der Waals surface area (Å²) < 4.78 is 30.2. The normalized spacial score (nSPS) is 11.4. The summed E-state index contributed by atoms with van der Waals surface area (Å²) in [5, 5.41) is 0. The van der Waals surface area contributed by atoms with Gasteiger partial charge < -0.3 is 4.74 Å². The summed E-state index contributed by atoms with van der Waals surface area (Å²) in [6.45, 7) is 5.74. The Morgan fingerprint density at radius 2 is 1.79 bits per heavy atom. The molecule has 0 unspecified atom stereocenters. The lowest BCUT2D eigenvalue weighted by atomic mass is 10.7. The Morgan fingerprint density at radius 3 is 2.14 bits per heavy atom. The summed E-state index contributed by atoms with van der Waals surface area (Å²) in [5.74, 6) is 0. The van der Waals surface area contributed by atoms with E-state index in [0.29, 0.717) is 13.1 Å². The molecule has 0 saturated carbocycles. The molecule has 0 aromatic rings. The second-order valence-corrected chi connectivity index (χ2v) is 4.08. The lowest BCUT2D eigenvalue weighted by molar-refractivity contribution is 0.158. The van der Waals surface area contributed by atoms with Crippen molar-refractivity contribution in [2.75, 3.05) is 19.7 Å². The molecule has 0 atom stereocenters. The van der Waals surface area contributed by atoms with Gasteiger partial charge in [-0.2, -0.15) is 12.7 Å². The van der Waals surface area contributed by atoms with Crippen LogP contribution in [-0.4, -0.2) is 38.5 Å². The molecule has 0 spiro atoms. The van der Waals surface area contributed by atoms with Crippen LogP contribution in [0.5, 0.6) is 0 Å². The van der Waals surface area contributed by atoms with Crippen LogP contribution >= 0.6 is 0 Å². The van der Waals surface area contributed by atoms with Crippen molar-refractivity contribution in [1.29, 1.82) is 0 Å². The zero-order valence-corrected chi connectivity index (χ0v) is 9.43. The lowest BCUT2D eigenvalue weighted by Gasteiger charge is -2.17. The molecule has 0 aliphatic carbocycles. The molecule has 0 radical (unpaired) electrons. The molecule has 1 N–H and O–H groups in total. The molecule has 0 fully saturated rings. The quantitative estimate of drug-likeness (QED) is 0.729. The highest BCUT2D eigenvalue weighted by atomic mass is 32.2. The van der Waals surface area contributed by atoms with Crippen molar-refractivity contribution in [2.24, 2.45) is 0 Å². The van der Waals surface area contributed by atoms with Crippen LogP contribution in [0.25, 0.3) is 0 Å². The first-order valence-corrected chi connectivity index (χ1v) is 5.86. The van der Waals surface area contributed by atoms with Crippen LogP contribution in [-0.2, 0) is 14.9 Å². The second kappa shape index (κ2) is 5.82. The van der Waals surface area contributed by atoms with Crippen LogP contribution in [0.3, 0.4) is 0 Å². The maximum absolute atomic E-state index is 11.4. The van der Waals surface area contributed by atoms with Crippen molar-refractivity contribution in [2.45, 2.75) is 20.8 Å². The monoisotopic (exact) mass is 224 g/mol. The van der Waals surface area contributed by atoms with Crippen LogP contribution in [0.4, 0.5) is 4.79 Å². The van der Waals surface area contributed by atoms with E-state index in [1.165, 1.54) is 0 Å². The van der Waals surface area contributed by atoms with Gasteiger partial charge in [-0.05, 0) is 6.92 Å². The number of carbonyl (C=O) groups excluding carboxylic acids is 1. The fourth-order valence-electron chi connectivity index (χ4n) is 0.894. The van der Waals surface area contributed by atoms with E-state index in [4.69, 9.17) is 0 Å². The van der Waals surface area contributed by atoms with Gasteiger partial charge >= 0.3 is 16.3 Å². The van der Waals surface area contributed by atoms with Gasteiger partial charge in [-0.15, -0.1) is 0 Å². The summed E-state index contributed by atoms with van der Waals surface area (Å²) in [5.41, 5.74) is 0. The van der Waals surface area contributed by atoms with Crippen LogP contribution in [0.2, 0.25) is 0 Å². The number of carbonyl (C=O) groups is 1. The number of hydrogen-bond donors (Lipinski definition) is 1. The molecular weight excluding hydrogens is 208 g/mol. The third-order valence-corrected chi connectivity index (χ3v) is 3.15. The SMILES string of the molecule is CCOC(=O)NS(=O)(=O)N(CC)CC. The predicted molar refractivity (Wildman–Crippen MR) is 52.0 cm³/mol. The zero-order valence-electron chi connectivity index (χ0n) is 8.61. The molecule has 0 bridgehead atoms. The molecular formula is C7H16N2O4S. The smallest absolute Gasteiger partial charge is 0.421 e. The van der Waals surface area contributed by atoms with Gasteiger partial charge in [0.2, 0.25) is 0 Å². The molecule has 0 heterocycles. The van der Waals surface area contributed by atoms with Crippen molar-refractivity contribution >= 4 is 16.3 Å². The average molecular weight is 224 g/mol. The molecule has 0 aromatic carbocycles. The van der Waals surface area contributed by atoms with E-state index in [9.17, 15) is 13.2 Å². The van der Waals surface area contributed by atoms with Gasteiger partial charge in [0.1, 0.15) is 0 Å². The van der Waals surface area contributed by atoms with E-state index in [-0.39, 0.29) is 6.61 Å². The summed E-state index contributed by atoms with van der Waals surface area (Å²) >= 11 is 0. The van der Waals surface area contributed by atoms with Crippen molar-refractivity contribution < 1.29 is 17.9 Å². The summed E-state index contributed by atoms with van der Waals surface area (Å²) in [7, 11) is -3.74. The number of rotatable bonds is 5. The molecule has 0 aliphatic heterocycles. The van der Waals surface area contributed by atoms with E-state index in [2.05, 4.69) is 4.74 Å². The largest absolute Gasteiger partial charge is 0.449 e. The van der Waals surface area contributed by atoms with Crippen molar-refractivity contribution in [3.8, 4) is 0 Å². The first-order chi connectivity index (χ1) is 6.47. The molecule has 6 nitrogen and oxygen atoms in total. The number of ether oxygens (including phenoxy) is 1. The van der Waals surface area contributed by atoms with E-state index in [0.717, 1.165) is 4.31 Å². The van der Waals surface area contributed by atoms with Gasteiger partial charge in [0.15, 0.2) is 0 Å². The fraction of sp³-hybridized carbons (Fsp3) is 0.857. The zero-order chi connectivity index (χ0) is 11.2. The van der Waals surface area contributed by atoms with E-state index < -0.39 is 16.3 Å². The van der Waals surface area contributed by atoms with Gasteiger partial charge in [0, 0.05) is 13.1 Å². The molecule has 0 aromatic heterocycles. The maximum Gasteiger partial charge on any atom is 0.421 e. The number of nitrogens with zero attached hydrogens (tertiary/aromatic N) is 1. The molecule has 7 heteroatoms. The molecule has 0 rings (SSSR count). The highest BCUT2D eigenvalue weighted by Crippen LogP contribution is 1.96. The molecule has 84 valence electrons. The molecule has 0 aliphatic rings. The molecule has 14 heavy (non-hydrogen) atoms. The van der Waals surface area contributed by atoms with Crippen LogP contribution in [0.1, 0.15) is 20.8 Å². The minimum absolute atomic E-state index is 0.138. The highest BCUT2D eigenvalue weighted by Gasteiger charge is 2.21. The summed E-state index contributed by atoms with van der Waals surface area (Å²) in [4.78, 5) is 10.9. The Balaban J connectivity index is 4.40.